The van der Waals surface area contributed by atoms with E-state index < -0.39 is 0 Å². The van der Waals surface area contributed by atoms with Gasteiger partial charge in [-0.25, -0.2) is 0 Å². The maximum atomic E-state index is 3.55. The molecule has 0 aliphatic heterocycles. The zero-order valence-corrected chi connectivity index (χ0v) is 11.3. The molecule has 1 unspecified atom stereocenters. The van der Waals surface area contributed by atoms with Gasteiger partial charge in [0.05, 0.1) is 0 Å². The van der Waals surface area contributed by atoms with Crippen molar-refractivity contribution in [1.82, 2.24) is 5.32 Å². The van der Waals surface area contributed by atoms with Crippen molar-refractivity contribution in [2.24, 2.45) is 5.92 Å². The third-order valence-corrected chi connectivity index (χ3v) is 3.37. The lowest BCUT2D eigenvalue weighted by molar-refractivity contribution is 0.461. The van der Waals surface area contributed by atoms with Crippen molar-refractivity contribution in [3.8, 4) is 0 Å². The molecule has 0 amide bonds. The first-order valence-corrected chi connectivity index (χ1v) is 6.41. The van der Waals surface area contributed by atoms with Crippen LogP contribution in [0.4, 0.5) is 0 Å². The Morgan fingerprint density at radius 2 is 1.80 bits per heavy atom. The monoisotopic (exact) mass is 269 g/mol. The number of halogens is 1. The van der Waals surface area contributed by atoms with Gasteiger partial charge in [0, 0.05) is 10.5 Å². The summed E-state index contributed by atoms with van der Waals surface area (Å²) in [5.41, 5.74) is 1.35. The van der Waals surface area contributed by atoms with Crippen LogP contribution in [0.2, 0.25) is 0 Å². The number of hydrogen-bond acceptors (Lipinski definition) is 1. The maximum Gasteiger partial charge on any atom is 0.0291 e. The van der Waals surface area contributed by atoms with E-state index in [4.69, 9.17) is 0 Å². The summed E-state index contributed by atoms with van der Waals surface area (Å²) in [7, 11) is 0. The third-order valence-electron chi connectivity index (χ3n) is 2.84. The van der Waals surface area contributed by atoms with Gasteiger partial charge < -0.3 is 5.32 Å². The first-order valence-electron chi connectivity index (χ1n) is 5.62. The highest BCUT2D eigenvalue weighted by Gasteiger charge is 2.05. The van der Waals surface area contributed by atoms with Crippen molar-refractivity contribution >= 4 is 15.9 Å². The fourth-order valence-electron chi connectivity index (χ4n) is 1.39. The molecule has 0 aliphatic carbocycles. The molecule has 15 heavy (non-hydrogen) atoms. The predicted molar refractivity (Wildman–Crippen MR) is 70.0 cm³/mol. The van der Waals surface area contributed by atoms with Crippen molar-refractivity contribution in [1.29, 1.82) is 0 Å². The molecule has 0 fully saturated rings. The molecule has 0 saturated heterocycles. The Morgan fingerprint density at radius 3 is 2.33 bits per heavy atom. The van der Waals surface area contributed by atoms with Crippen LogP contribution in [-0.4, -0.2) is 6.54 Å². The van der Waals surface area contributed by atoms with E-state index in [9.17, 15) is 0 Å². The molecule has 0 saturated carbocycles. The highest BCUT2D eigenvalue weighted by molar-refractivity contribution is 9.10. The summed E-state index contributed by atoms with van der Waals surface area (Å²) in [6.45, 7) is 7.82. The van der Waals surface area contributed by atoms with Crippen molar-refractivity contribution in [3.63, 3.8) is 0 Å². The molecule has 0 aliphatic rings. The molecule has 1 N–H and O–H groups in total. The van der Waals surface area contributed by atoms with E-state index in [1.165, 1.54) is 12.0 Å². The third kappa shape index (κ3) is 4.35. The molecule has 0 spiro atoms. The van der Waals surface area contributed by atoms with E-state index in [0.717, 1.165) is 16.9 Å². The lowest BCUT2D eigenvalue weighted by Gasteiger charge is -2.17. The topological polar surface area (TPSA) is 12.0 Å². The predicted octanol–water partition coefficient (Wildman–Crippen LogP) is 4.15. The molecule has 1 aromatic carbocycles. The minimum atomic E-state index is 0.437. The molecular weight excluding hydrogens is 250 g/mol. The highest BCUT2D eigenvalue weighted by atomic mass is 79.9. The van der Waals surface area contributed by atoms with Crippen LogP contribution in [0, 0.1) is 5.92 Å². The van der Waals surface area contributed by atoms with Gasteiger partial charge in [0.2, 0.25) is 0 Å². The number of hydrogen-bond donors (Lipinski definition) is 1. The van der Waals surface area contributed by atoms with Gasteiger partial charge in [0.25, 0.3) is 0 Å². The summed E-state index contributed by atoms with van der Waals surface area (Å²) in [4.78, 5) is 0. The molecule has 1 nitrogen and oxygen atoms in total. The van der Waals surface area contributed by atoms with Gasteiger partial charge >= 0.3 is 0 Å². The first kappa shape index (κ1) is 12.7. The number of nitrogens with one attached hydrogen (secondary N) is 1. The van der Waals surface area contributed by atoms with E-state index in [-0.39, 0.29) is 0 Å². The van der Waals surface area contributed by atoms with Gasteiger partial charge in [0.1, 0.15) is 0 Å². The molecule has 84 valence electrons. The fraction of sp³-hybridized carbons (Fsp3) is 0.538. The highest BCUT2D eigenvalue weighted by Crippen LogP contribution is 2.16. The molecule has 0 heterocycles. The zero-order chi connectivity index (χ0) is 11.3. The Labute approximate surface area is 101 Å². The second kappa shape index (κ2) is 6.29. The quantitative estimate of drug-likeness (QED) is 0.847. The van der Waals surface area contributed by atoms with Crippen LogP contribution in [0.25, 0.3) is 0 Å². The minimum Gasteiger partial charge on any atom is -0.310 e. The summed E-state index contributed by atoms with van der Waals surface area (Å²) < 4.78 is 1.14. The minimum absolute atomic E-state index is 0.437. The van der Waals surface area contributed by atoms with Crippen molar-refractivity contribution in [3.05, 3.63) is 34.3 Å². The second-order valence-electron chi connectivity index (χ2n) is 4.19. The van der Waals surface area contributed by atoms with Gasteiger partial charge in [-0.05, 0) is 37.1 Å². The van der Waals surface area contributed by atoms with Gasteiger partial charge in [0.15, 0.2) is 0 Å². The maximum absolute atomic E-state index is 3.55. The van der Waals surface area contributed by atoms with Crippen LogP contribution in [0.5, 0.6) is 0 Å². The summed E-state index contributed by atoms with van der Waals surface area (Å²) in [5, 5.41) is 3.55. The number of rotatable bonds is 5. The van der Waals surface area contributed by atoms with E-state index in [2.05, 4.69) is 66.3 Å². The number of benzene rings is 1. The van der Waals surface area contributed by atoms with Crippen LogP contribution in [0.3, 0.4) is 0 Å². The van der Waals surface area contributed by atoms with E-state index in [1.807, 2.05) is 0 Å². The molecule has 0 aromatic heterocycles. The average molecular weight is 270 g/mol. The van der Waals surface area contributed by atoms with Crippen LogP contribution in [0.15, 0.2) is 28.7 Å². The lowest BCUT2D eigenvalue weighted by atomic mass is 10.1. The summed E-state index contributed by atoms with van der Waals surface area (Å²) in [6, 6.07) is 8.96. The lowest BCUT2D eigenvalue weighted by Crippen LogP contribution is -2.24. The Bertz CT molecular complexity index is 281. The summed E-state index contributed by atoms with van der Waals surface area (Å²) in [6.07, 6.45) is 1.24. The van der Waals surface area contributed by atoms with E-state index >= 15 is 0 Å². The van der Waals surface area contributed by atoms with Gasteiger partial charge in [-0.15, -0.1) is 0 Å². The zero-order valence-electron chi connectivity index (χ0n) is 9.76. The molecule has 2 heteroatoms. The van der Waals surface area contributed by atoms with Crippen LogP contribution in [0.1, 0.15) is 38.8 Å². The van der Waals surface area contributed by atoms with Gasteiger partial charge in [-0.1, -0.05) is 48.3 Å². The molecule has 1 aromatic rings. The Kier molecular flexibility index (Phi) is 5.34. The van der Waals surface area contributed by atoms with Crippen molar-refractivity contribution in [2.75, 3.05) is 6.54 Å². The standard InChI is InChI=1S/C13H20BrN/c1-4-10(2)9-15-11(3)12-5-7-13(14)8-6-12/h5-8,10-11,15H,4,9H2,1-3H3/t10?,11-/m1/s1. The van der Waals surface area contributed by atoms with E-state index in [0.29, 0.717) is 6.04 Å². The normalized spacial score (nSPS) is 14.9. The smallest absolute Gasteiger partial charge is 0.0291 e. The Hall–Kier alpha value is -0.340. The fourth-order valence-corrected chi connectivity index (χ4v) is 1.66. The Morgan fingerprint density at radius 1 is 1.20 bits per heavy atom. The molecule has 2 atom stereocenters. The van der Waals surface area contributed by atoms with Gasteiger partial charge in [-0.3, -0.25) is 0 Å². The summed E-state index contributed by atoms with van der Waals surface area (Å²) >= 11 is 3.45. The second-order valence-corrected chi connectivity index (χ2v) is 5.11. The summed E-state index contributed by atoms with van der Waals surface area (Å²) in [5.74, 6) is 0.753. The largest absolute Gasteiger partial charge is 0.310 e. The van der Waals surface area contributed by atoms with Crippen LogP contribution in [-0.2, 0) is 0 Å². The van der Waals surface area contributed by atoms with Crippen molar-refractivity contribution in [2.45, 2.75) is 33.2 Å². The first-order chi connectivity index (χ1) is 7.13. The molecule has 0 bridgehead atoms. The van der Waals surface area contributed by atoms with Crippen LogP contribution < -0.4 is 5.32 Å². The average Bonchev–Trinajstić information content (AvgIpc) is 2.26. The van der Waals surface area contributed by atoms with E-state index in [1.54, 1.807) is 0 Å². The van der Waals surface area contributed by atoms with Crippen molar-refractivity contribution < 1.29 is 0 Å². The van der Waals surface area contributed by atoms with Crippen LogP contribution >= 0.6 is 15.9 Å². The molecule has 1 rings (SSSR count). The van der Waals surface area contributed by atoms with Gasteiger partial charge in [-0.2, -0.15) is 0 Å². The Balaban J connectivity index is 2.46. The SMILES string of the molecule is CCC(C)CN[C@H](C)c1ccc(Br)cc1. The molecule has 0 radical (unpaired) electrons. The molecular formula is C13H20BrN.